The number of alkyl halides is 3. The number of para-hydroxylation sites is 1. The van der Waals surface area contributed by atoms with Gasteiger partial charge in [-0.1, -0.05) is 30.0 Å². The molecule has 1 saturated carbocycles. The van der Waals surface area contributed by atoms with Crippen LogP contribution in [0.4, 0.5) is 13.2 Å². The number of amides is 1. The lowest BCUT2D eigenvalue weighted by atomic mass is 10.2. The molecule has 3 aromatic rings. The van der Waals surface area contributed by atoms with Crippen molar-refractivity contribution in [1.29, 1.82) is 0 Å². The zero-order valence-electron chi connectivity index (χ0n) is 15.9. The van der Waals surface area contributed by atoms with Gasteiger partial charge in [0.2, 0.25) is 5.91 Å². The number of hydrogen-bond donors (Lipinski definition) is 1. The van der Waals surface area contributed by atoms with Crippen molar-refractivity contribution in [1.82, 2.24) is 14.9 Å². The minimum Gasteiger partial charge on any atom is -0.352 e. The molecule has 0 radical (unpaired) electrons. The maximum atomic E-state index is 13.2. The number of carbonyl (C=O) groups is 1. The summed E-state index contributed by atoms with van der Waals surface area (Å²) in [5, 5.41) is 2.77. The Morgan fingerprint density at radius 3 is 2.63 bits per heavy atom. The second-order valence-corrected chi connectivity index (χ2v) is 8.45. The third-order valence-electron chi connectivity index (χ3n) is 4.75. The topological polar surface area (TPSA) is 64.0 Å². The largest absolute Gasteiger partial charge is 0.416 e. The van der Waals surface area contributed by atoms with E-state index in [-0.39, 0.29) is 28.2 Å². The molecule has 5 nitrogen and oxygen atoms in total. The van der Waals surface area contributed by atoms with Crippen LogP contribution in [-0.4, -0.2) is 26.8 Å². The van der Waals surface area contributed by atoms with Crippen LogP contribution in [0.25, 0.3) is 16.6 Å². The molecule has 0 bridgehead atoms. The Morgan fingerprint density at radius 1 is 1.20 bits per heavy atom. The Kier molecular flexibility index (Phi) is 5.31. The molecule has 1 aliphatic carbocycles. The van der Waals surface area contributed by atoms with Crippen LogP contribution in [0.5, 0.6) is 0 Å². The third-order valence-corrected chi connectivity index (χ3v) is 5.80. The van der Waals surface area contributed by atoms with E-state index in [2.05, 4.69) is 10.3 Å². The lowest BCUT2D eigenvalue weighted by Gasteiger charge is -2.17. The highest BCUT2D eigenvalue weighted by Gasteiger charge is 2.31. The predicted molar refractivity (Wildman–Crippen MR) is 109 cm³/mol. The van der Waals surface area contributed by atoms with Gasteiger partial charge in [0.15, 0.2) is 5.16 Å². The van der Waals surface area contributed by atoms with Gasteiger partial charge in [0.05, 0.1) is 27.4 Å². The predicted octanol–water partition coefficient (Wildman–Crippen LogP) is 4.16. The van der Waals surface area contributed by atoms with Crippen molar-refractivity contribution in [2.45, 2.75) is 42.4 Å². The fraction of sp³-hybridized carbons (Fsp3) is 0.286. The molecule has 9 heteroatoms. The maximum absolute atomic E-state index is 13.2. The molecule has 1 atom stereocenters. The van der Waals surface area contributed by atoms with Crippen molar-refractivity contribution < 1.29 is 18.0 Å². The second kappa shape index (κ2) is 7.79. The van der Waals surface area contributed by atoms with Crippen LogP contribution in [0.2, 0.25) is 0 Å². The molecule has 30 heavy (non-hydrogen) atoms. The zero-order chi connectivity index (χ0) is 21.5. The van der Waals surface area contributed by atoms with Crippen molar-refractivity contribution in [2.75, 3.05) is 0 Å². The van der Waals surface area contributed by atoms with Gasteiger partial charge in [-0.15, -0.1) is 0 Å². The average Bonchev–Trinajstić information content (AvgIpc) is 3.51. The number of fused-ring (bicyclic) bond motifs is 1. The first kappa shape index (κ1) is 20.5. The van der Waals surface area contributed by atoms with Crippen LogP contribution in [0.3, 0.4) is 0 Å². The van der Waals surface area contributed by atoms with E-state index in [1.807, 2.05) is 0 Å². The van der Waals surface area contributed by atoms with Crippen molar-refractivity contribution >= 4 is 28.6 Å². The monoisotopic (exact) mass is 433 g/mol. The summed E-state index contributed by atoms with van der Waals surface area (Å²) in [7, 11) is 0. The molecule has 156 valence electrons. The molecular weight excluding hydrogens is 415 g/mol. The van der Waals surface area contributed by atoms with E-state index in [1.165, 1.54) is 12.1 Å². The van der Waals surface area contributed by atoms with E-state index in [9.17, 15) is 22.8 Å². The van der Waals surface area contributed by atoms with E-state index < -0.39 is 22.5 Å². The van der Waals surface area contributed by atoms with Crippen molar-refractivity contribution in [3.05, 3.63) is 64.4 Å². The Hall–Kier alpha value is -2.81. The van der Waals surface area contributed by atoms with Gasteiger partial charge in [-0.25, -0.2) is 4.98 Å². The zero-order valence-corrected chi connectivity index (χ0v) is 16.8. The number of nitrogens with one attached hydrogen (secondary N) is 1. The van der Waals surface area contributed by atoms with E-state index >= 15 is 0 Å². The van der Waals surface area contributed by atoms with E-state index in [0.717, 1.165) is 41.3 Å². The standard InChI is InChI=1S/C21H18F3N3O2S/c1-12(18(28)25-14-9-10-14)30-20-26-17-8-3-2-7-16(17)19(29)27(20)15-6-4-5-13(11-15)21(22,23)24/h2-8,11-12,14H,9-10H2,1H3,(H,25,28). The van der Waals surface area contributed by atoms with Crippen LogP contribution in [0, 0.1) is 0 Å². The summed E-state index contributed by atoms with van der Waals surface area (Å²) in [5.74, 6) is -0.194. The van der Waals surface area contributed by atoms with Crippen LogP contribution in [-0.2, 0) is 11.0 Å². The summed E-state index contributed by atoms with van der Waals surface area (Å²) in [6, 6.07) is 11.3. The Morgan fingerprint density at radius 2 is 1.93 bits per heavy atom. The quantitative estimate of drug-likeness (QED) is 0.485. The number of halogens is 3. The number of carbonyl (C=O) groups excluding carboxylic acids is 1. The Labute approximate surface area is 174 Å². The van der Waals surface area contributed by atoms with E-state index in [0.29, 0.717) is 5.52 Å². The van der Waals surface area contributed by atoms with Crippen LogP contribution >= 0.6 is 11.8 Å². The summed E-state index contributed by atoms with van der Waals surface area (Å²) >= 11 is 1.04. The SMILES string of the molecule is CC(Sc1nc2ccccc2c(=O)n1-c1cccc(C(F)(F)F)c1)C(=O)NC1CC1. The lowest BCUT2D eigenvalue weighted by Crippen LogP contribution is -2.33. The van der Waals surface area contributed by atoms with Crippen LogP contribution < -0.4 is 10.9 Å². The molecule has 1 heterocycles. The number of thioether (sulfide) groups is 1. The third kappa shape index (κ3) is 4.21. The number of benzene rings is 2. The first-order valence-electron chi connectivity index (χ1n) is 9.40. The summed E-state index contributed by atoms with van der Waals surface area (Å²) in [4.78, 5) is 30.0. The van der Waals surface area contributed by atoms with Crippen molar-refractivity contribution in [3.8, 4) is 5.69 Å². The molecule has 0 spiro atoms. The molecule has 1 N–H and O–H groups in total. The molecule has 1 aromatic heterocycles. The van der Waals surface area contributed by atoms with Gasteiger partial charge in [-0.2, -0.15) is 13.2 Å². The fourth-order valence-corrected chi connectivity index (χ4v) is 3.93. The van der Waals surface area contributed by atoms with Crippen molar-refractivity contribution in [3.63, 3.8) is 0 Å². The molecule has 2 aromatic carbocycles. The lowest BCUT2D eigenvalue weighted by molar-refractivity contribution is -0.137. The smallest absolute Gasteiger partial charge is 0.352 e. The summed E-state index contributed by atoms with van der Waals surface area (Å²) in [5.41, 5.74) is -0.888. The average molecular weight is 433 g/mol. The summed E-state index contributed by atoms with van der Waals surface area (Å²) < 4.78 is 40.8. The molecule has 0 aliphatic heterocycles. The van der Waals surface area contributed by atoms with E-state index in [4.69, 9.17) is 0 Å². The molecule has 0 saturated heterocycles. The van der Waals surface area contributed by atoms with Gasteiger partial charge in [-0.3, -0.25) is 14.2 Å². The number of rotatable bonds is 5. The van der Waals surface area contributed by atoms with Crippen molar-refractivity contribution in [2.24, 2.45) is 0 Å². The van der Waals surface area contributed by atoms with Gasteiger partial charge in [0.25, 0.3) is 5.56 Å². The van der Waals surface area contributed by atoms with Gasteiger partial charge >= 0.3 is 6.18 Å². The van der Waals surface area contributed by atoms with Crippen LogP contribution in [0.1, 0.15) is 25.3 Å². The molecule has 1 fully saturated rings. The summed E-state index contributed by atoms with van der Waals surface area (Å²) in [6.45, 7) is 1.68. The summed E-state index contributed by atoms with van der Waals surface area (Å²) in [6.07, 6.45) is -2.67. The Balaban J connectivity index is 1.82. The van der Waals surface area contributed by atoms with Gasteiger partial charge in [-0.05, 0) is 50.1 Å². The molecular formula is C21H18F3N3O2S. The van der Waals surface area contributed by atoms with Gasteiger partial charge in [0, 0.05) is 6.04 Å². The fourth-order valence-electron chi connectivity index (χ4n) is 3.00. The molecule has 1 unspecified atom stereocenters. The number of aromatic nitrogens is 2. The highest BCUT2D eigenvalue weighted by atomic mass is 32.2. The Bertz CT molecular complexity index is 1170. The highest BCUT2D eigenvalue weighted by molar-refractivity contribution is 8.00. The van der Waals surface area contributed by atoms with E-state index in [1.54, 1.807) is 31.2 Å². The normalized spacial score (nSPS) is 15.2. The van der Waals surface area contributed by atoms with Crippen LogP contribution in [0.15, 0.2) is 58.5 Å². The minimum absolute atomic E-state index is 0.0466. The first-order valence-corrected chi connectivity index (χ1v) is 10.3. The van der Waals surface area contributed by atoms with Gasteiger partial charge in [0.1, 0.15) is 0 Å². The maximum Gasteiger partial charge on any atom is 0.416 e. The first-order chi connectivity index (χ1) is 14.2. The molecule has 1 amide bonds. The minimum atomic E-state index is -4.55. The second-order valence-electron chi connectivity index (χ2n) is 7.14. The number of hydrogen-bond acceptors (Lipinski definition) is 4. The highest BCUT2D eigenvalue weighted by Crippen LogP contribution is 2.32. The van der Waals surface area contributed by atoms with Gasteiger partial charge < -0.3 is 5.32 Å². The number of nitrogens with zero attached hydrogens (tertiary/aromatic N) is 2. The molecule has 1 aliphatic rings. The molecule has 4 rings (SSSR count).